The van der Waals surface area contributed by atoms with Crippen molar-refractivity contribution in [2.75, 3.05) is 60.6 Å². The number of likely N-dealkylation sites (N-methyl/N-ethyl adjacent to an activating group) is 1. The average molecular weight is 773 g/mol. The number of aromatic hydroxyl groups is 2. The van der Waals surface area contributed by atoms with Gasteiger partial charge in [0.1, 0.15) is 17.9 Å². The number of ether oxygens (including phenoxy) is 6. The Bertz CT molecular complexity index is 2190. The van der Waals surface area contributed by atoms with Crippen molar-refractivity contribution in [3.05, 3.63) is 62.7 Å². The largest absolute Gasteiger partial charge is 0.504 e. The Labute approximate surface area is 323 Å². The summed E-state index contributed by atoms with van der Waals surface area (Å²) in [6.45, 7) is 5.41. The maximum atomic E-state index is 14.8. The van der Waals surface area contributed by atoms with E-state index < -0.39 is 40.4 Å². The zero-order valence-corrected chi connectivity index (χ0v) is 32.6. The number of nitriles is 1. The molecule has 0 aromatic heterocycles. The molecule has 14 nitrogen and oxygen atoms in total. The van der Waals surface area contributed by atoms with Gasteiger partial charge in [-0.1, -0.05) is 6.07 Å². The molecule has 290 valence electrons. The van der Waals surface area contributed by atoms with Crippen molar-refractivity contribution < 1.29 is 48.2 Å². The lowest BCUT2D eigenvalue weighted by Gasteiger charge is -2.58. The molecular weight excluding hydrogens is 729 g/mol. The topological polar surface area (TPSA) is 172 Å². The van der Waals surface area contributed by atoms with E-state index in [9.17, 15) is 25.1 Å². The Balaban J connectivity index is 1.47. The van der Waals surface area contributed by atoms with Gasteiger partial charge in [0.2, 0.25) is 6.79 Å². The quantitative estimate of drug-likeness (QED) is 0.248. The molecule has 1 spiro atoms. The van der Waals surface area contributed by atoms with E-state index in [2.05, 4.69) is 16.3 Å². The van der Waals surface area contributed by atoms with E-state index in [1.54, 1.807) is 12.1 Å². The van der Waals surface area contributed by atoms with Gasteiger partial charge >= 0.3 is 11.9 Å². The summed E-state index contributed by atoms with van der Waals surface area (Å²) in [5.74, 6) is 0.599. The molecule has 6 heterocycles. The van der Waals surface area contributed by atoms with E-state index in [1.165, 1.54) is 32.9 Å². The molecule has 2 bridgehead atoms. The van der Waals surface area contributed by atoms with Crippen molar-refractivity contribution in [2.45, 2.75) is 62.0 Å². The first-order valence-corrected chi connectivity index (χ1v) is 19.2. The van der Waals surface area contributed by atoms with Crippen molar-refractivity contribution in [3.8, 4) is 46.3 Å². The van der Waals surface area contributed by atoms with Gasteiger partial charge in [0.25, 0.3) is 0 Å². The number of phenols is 2. The van der Waals surface area contributed by atoms with Crippen LogP contribution in [0, 0.1) is 25.2 Å². The Morgan fingerprint density at radius 2 is 1.84 bits per heavy atom. The van der Waals surface area contributed by atoms with Crippen LogP contribution < -0.4 is 29.0 Å². The van der Waals surface area contributed by atoms with Crippen LogP contribution in [-0.2, 0) is 32.7 Å². The molecule has 3 aromatic carbocycles. The highest BCUT2D eigenvalue weighted by atomic mass is 32.2. The third-order valence-corrected chi connectivity index (χ3v) is 13.0. The highest BCUT2D eigenvalue weighted by Crippen LogP contribution is 2.67. The Morgan fingerprint density at radius 1 is 1.07 bits per heavy atom. The third-order valence-electron chi connectivity index (χ3n) is 11.6. The molecule has 55 heavy (non-hydrogen) atoms. The minimum Gasteiger partial charge on any atom is -0.504 e. The van der Waals surface area contributed by atoms with Gasteiger partial charge in [-0.2, -0.15) is 5.26 Å². The van der Waals surface area contributed by atoms with Crippen LogP contribution in [0.4, 0.5) is 0 Å². The number of aryl methyl sites for hydroxylation is 1. The fourth-order valence-electron chi connectivity index (χ4n) is 9.57. The molecule has 0 aliphatic carbocycles. The number of thioether (sulfide) groups is 1. The molecule has 3 N–H and O–H groups in total. The van der Waals surface area contributed by atoms with Crippen LogP contribution in [0.2, 0.25) is 0 Å². The molecular formula is C40H44N4O10S. The summed E-state index contributed by atoms with van der Waals surface area (Å²) in [6, 6.07) is 6.40. The van der Waals surface area contributed by atoms with Gasteiger partial charge in [-0.15, -0.1) is 11.8 Å². The molecule has 1 unspecified atom stereocenters. The molecule has 1 fully saturated rings. The standard InChI is InChI=1S/C40H44N4O10S/c1-19-10-23-13-39(15-41,16-43(4)5)44-25-14-51-38(48)40(24-12-27(49-6)26(46)11-22(24)8-9-42-40)17-55-37(31(44)28(23)32(47)33(19)50-7)30-29(25)36-35(52-18-53-36)20(2)34(30)54-21(3)45/h10-12,25,31,37,42,46-47H,8-9,13-14,16-18H2,1-7H3/t25?,31-,37-,39-,40+/m1/s1. The molecule has 0 radical (unpaired) electrons. The maximum absolute atomic E-state index is 14.8. The first kappa shape index (κ1) is 37.1. The van der Waals surface area contributed by atoms with Crippen LogP contribution in [0.1, 0.15) is 68.8 Å². The summed E-state index contributed by atoms with van der Waals surface area (Å²) < 4.78 is 36.1. The number of fused-ring (bicyclic) bond motifs is 6. The number of esters is 2. The highest BCUT2D eigenvalue weighted by molar-refractivity contribution is 7.99. The number of hydrogen-bond acceptors (Lipinski definition) is 15. The molecule has 1 saturated heterocycles. The molecule has 15 heteroatoms. The summed E-state index contributed by atoms with van der Waals surface area (Å²) in [6.07, 6.45) is 0.792. The zero-order chi connectivity index (χ0) is 39.1. The molecule has 3 aromatic rings. The van der Waals surface area contributed by atoms with Crippen molar-refractivity contribution >= 4 is 23.7 Å². The SMILES string of the molecule is COc1cc2c(cc1O)CCN[C@@]21CS[C@@H]2c3c(OC(C)=O)c(C)c4c(c3C(COC1=O)N1[C@@H]2c2c(cc(C)c(OC)c2O)C[C@@]1(C#N)CN(C)C)OCO4. The van der Waals surface area contributed by atoms with Crippen molar-refractivity contribution in [3.63, 3.8) is 0 Å². The lowest BCUT2D eigenvalue weighted by Crippen LogP contribution is -2.63. The third kappa shape index (κ3) is 5.40. The van der Waals surface area contributed by atoms with E-state index in [1.807, 2.05) is 38.9 Å². The van der Waals surface area contributed by atoms with Crippen LogP contribution in [-0.4, -0.2) is 98.0 Å². The monoisotopic (exact) mass is 772 g/mol. The van der Waals surface area contributed by atoms with Crippen molar-refractivity contribution in [1.29, 1.82) is 5.26 Å². The van der Waals surface area contributed by atoms with E-state index >= 15 is 0 Å². The number of methoxy groups -OCH3 is 2. The minimum atomic E-state index is -1.39. The van der Waals surface area contributed by atoms with Gasteiger partial charge < -0.3 is 43.5 Å². The Morgan fingerprint density at radius 3 is 2.53 bits per heavy atom. The number of carbonyl (C=O) groups is 2. The van der Waals surface area contributed by atoms with Crippen molar-refractivity contribution in [2.24, 2.45) is 0 Å². The molecule has 0 saturated carbocycles. The van der Waals surface area contributed by atoms with E-state index in [-0.39, 0.29) is 42.8 Å². The number of carbonyl (C=O) groups excluding carboxylic acids is 2. The highest BCUT2D eigenvalue weighted by Gasteiger charge is 2.60. The number of rotatable bonds is 5. The Kier molecular flexibility index (Phi) is 9.03. The minimum absolute atomic E-state index is 0.0346. The van der Waals surface area contributed by atoms with Crippen molar-refractivity contribution in [1.82, 2.24) is 15.1 Å². The average Bonchev–Trinajstić information content (AvgIpc) is 3.64. The second-order valence-corrected chi connectivity index (χ2v) is 16.2. The maximum Gasteiger partial charge on any atom is 0.331 e. The van der Waals surface area contributed by atoms with Crippen LogP contribution in [0.3, 0.4) is 0 Å². The first-order chi connectivity index (χ1) is 26.3. The summed E-state index contributed by atoms with van der Waals surface area (Å²) in [7, 11) is 6.77. The van der Waals surface area contributed by atoms with Gasteiger partial charge in [-0.3, -0.25) is 15.0 Å². The number of hydrogen-bond donors (Lipinski definition) is 3. The predicted molar refractivity (Wildman–Crippen MR) is 200 cm³/mol. The molecule has 6 aliphatic heterocycles. The van der Waals surface area contributed by atoms with Gasteiger partial charge in [-0.25, -0.2) is 4.79 Å². The van der Waals surface area contributed by atoms with Crippen LogP contribution in [0.25, 0.3) is 0 Å². The smallest absolute Gasteiger partial charge is 0.331 e. The fraction of sp³-hybridized carbons (Fsp3) is 0.475. The molecule has 5 atom stereocenters. The van der Waals surface area contributed by atoms with Gasteiger partial charge in [0.15, 0.2) is 40.0 Å². The molecule has 0 amide bonds. The lowest BCUT2D eigenvalue weighted by molar-refractivity contribution is -0.156. The van der Waals surface area contributed by atoms with Crippen LogP contribution >= 0.6 is 11.8 Å². The van der Waals surface area contributed by atoms with Gasteiger partial charge in [-0.05, 0) is 68.8 Å². The number of benzene rings is 3. The van der Waals surface area contributed by atoms with E-state index in [4.69, 9.17) is 28.4 Å². The molecule has 9 rings (SSSR count). The van der Waals surface area contributed by atoms with Gasteiger partial charge in [0, 0.05) is 54.4 Å². The zero-order valence-electron chi connectivity index (χ0n) is 31.8. The van der Waals surface area contributed by atoms with Gasteiger partial charge in [0.05, 0.1) is 37.6 Å². The summed E-state index contributed by atoms with van der Waals surface area (Å²) >= 11 is 1.42. The molecule has 6 aliphatic rings. The second-order valence-electron chi connectivity index (χ2n) is 15.1. The number of phenolic OH excluding ortho intramolecular Hbond substituents is 2. The van der Waals surface area contributed by atoms with Crippen LogP contribution in [0.5, 0.6) is 40.2 Å². The predicted octanol–water partition coefficient (Wildman–Crippen LogP) is 4.24. The summed E-state index contributed by atoms with van der Waals surface area (Å²) in [4.78, 5) is 31.8. The van der Waals surface area contributed by atoms with Crippen LogP contribution in [0.15, 0.2) is 18.2 Å². The normalized spacial score (nSPS) is 26.3. The number of nitrogens with zero attached hydrogens (tertiary/aromatic N) is 3. The summed E-state index contributed by atoms with van der Waals surface area (Å²) in [5.41, 5.74) is 2.64. The second kappa shape index (κ2) is 13.4. The van der Waals surface area contributed by atoms with E-state index in [0.29, 0.717) is 70.3 Å². The number of nitrogens with one attached hydrogen (secondary N) is 1. The lowest BCUT2D eigenvalue weighted by atomic mass is 9.71. The first-order valence-electron chi connectivity index (χ1n) is 18.1. The Hall–Kier alpha value is -4.88. The van der Waals surface area contributed by atoms with E-state index in [0.717, 1.165) is 16.7 Å². The summed E-state index contributed by atoms with van der Waals surface area (Å²) in [5, 5.41) is 37.2. The fourth-order valence-corrected chi connectivity index (χ4v) is 11.2.